The van der Waals surface area contributed by atoms with E-state index in [0.717, 1.165) is 56.0 Å². The molecule has 3 rings (SSSR count). The Morgan fingerprint density at radius 2 is 1.92 bits per heavy atom. The molecule has 1 aromatic carbocycles. The van der Waals surface area contributed by atoms with Crippen molar-refractivity contribution in [3.05, 3.63) is 53.7 Å². The zero-order valence-corrected chi connectivity index (χ0v) is 15.4. The number of ether oxygens (including phenoxy) is 1. The number of likely N-dealkylation sites (tertiary alicyclic amines) is 1. The molecule has 26 heavy (non-hydrogen) atoms. The van der Waals surface area contributed by atoms with Crippen LogP contribution in [-0.4, -0.2) is 42.5 Å². The summed E-state index contributed by atoms with van der Waals surface area (Å²) in [4.78, 5) is 19.1. The summed E-state index contributed by atoms with van der Waals surface area (Å²) in [7, 11) is 1.69. The predicted octanol–water partition coefficient (Wildman–Crippen LogP) is 3.76. The fraction of sp³-hybridized carbons (Fsp3) is 0.429. The number of hydrogen-bond acceptors (Lipinski definition) is 4. The second-order valence-electron chi connectivity index (χ2n) is 6.62. The molecule has 0 unspecified atom stereocenters. The Balaban J connectivity index is 1.59. The van der Waals surface area contributed by atoms with Crippen LogP contribution in [0.1, 0.15) is 41.6 Å². The van der Waals surface area contributed by atoms with Crippen molar-refractivity contribution in [1.82, 2.24) is 9.88 Å². The van der Waals surface area contributed by atoms with Crippen molar-refractivity contribution in [2.45, 2.75) is 32.1 Å². The van der Waals surface area contributed by atoms with Crippen LogP contribution in [0.5, 0.6) is 5.75 Å². The third kappa shape index (κ3) is 4.75. The number of anilines is 1. The molecule has 2 aromatic rings. The number of nitrogens with one attached hydrogen (secondary N) is 1. The van der Waals surface area contributed by atoms with E-state index in [0.29, 0.717) is 5.56 Å². The number of methoxy groups -OCH3 is 1. The van der Waals surface area contributed by atoms with Crippen LogP contribution in [0.3, 0.4) is 0 Å². The summed E-state index contributed by atoms with van der Waals surface area (Å²) in [5, 5.41) is 3.32. The van der Waals surface area contributed by atoms with Crippen LogP contribution in [-0.2, 0) is 6.42 Å². The summed E-state index contributed by atoms with van der Waals surface area (Å²) in [6.07, 6.45) is 7.17. The van der Waals surface area contributed by atoms with Crippen LogP contribution in [0.2, 0.25) is 0 Å². The molecule has 1 fully saturated rings. The predicted molar refractivity (Wildman–Crippen MR) is 104 cm³/mol. The number of benzene rings is 1. The van der Waals surface area contributed by atoms with E-state index < -0.39 is 0 Å². The van der Waals surface area contributed by atoms with Gasteiger partial charge in [0.2, 0.25) is 0 Å². The summed E-state index contributed by atoms with van der Waals surface area (Å²) in [6.45, 7) is 2.45. The average molecular weight is 353 g/mol. The molecule has 0 radical (unpaired) electrons. The lowest BCUT2D eigenvalue weighted by atomic mass is 10.1. The van der Waals surface area contributed by atoms with Gasteiger partial charge in [0.1, 0.15) is 11.6 Å². The topological polar surface area (TPSA) is 54.5 Å². The second kappa shape index (κ2) is 9.22. The molecule has 0 bridgehead atoms. The normalized spacial score (nSPS) is 14.6. The number of aromatic nitrogens is 1. The fourth-order valence-corrected chi connectivity index (χ4v) is 3.35. The van der Waals surface area contributed by atoms with Crippen molar-refractivity contribution in [2.24, 2.45) is 0 Å². The van der Waals surface area contributed by atoms with Crippen LogP contribution >= 0.6 is 0 Å². The van der Waals surface area contributed by atoms with Crippen LogP contribution < -0.4 is 10.1 Å². The first-order chi connectivity index (χ1) is 12.8. The van der Waals surface area contributed by atoms with E-state index in [9.17, 15) is 4.79 Å². The van der Waals surface area contributed by atoms with E-state index in [2.05, 4.69) is 16.4 Å². The van der Waals surface area contributed by atoms with Crippen LogP contribution in [0, 0.1) is 0 Å². The number of para-hydroxylation sites is 1. The smallest absolute Gasteiger partial charge is 0.254 e. The number of amides is 1. The zero-order chi connectivity index (χ0) is 18.2. The molecule has 2 heterocycles. The Morgan fingerprint density at radius 3 is 2.69 bits per heavy atom. The maximum atomic E-state index is 12.7. The first kappa shape index (κ1) is 18.2. The third-order valence-corrected chi connectivity index (χ3v) is 4.79. The minimum absolute atomic E-state index is 0.113. The van der Waals surface area contributed by atoms with Gasteiger partial charge in [-0.1, -0.05) is 31.0 Å². The second-order valence-corrected chi connectivity index (χ2v) is 6.62. The molecular weight excluding hydrogens is 326 g/mol. The highest BCUT2D eigenvalue weighted by atomic mass is 16.5. The molecule has 1 amide bonds. The van der Waals surface area contributed by atoms with Gasteiger partial charge >= 0.3 is 0 Å². The third-order valence-electron chi connectivity index (χ3n) is 4.79. The van der Waals surface area contributed by atoms with Crippen LogP contribution in [0.15, 0.2) is 42.6 Å². The Labute approximate surface area is 155 Å². The molecule has 0 saturated carbocycles. The monoisotopic (exact) mass is 353 g/mol. The minimum Gasteiger partial charge on any atom is -0.496 e. The molecule has 0 aliphatic carbocycles. The van der Waals surface area contributed by atoms with Gasteiger partial charge in [-0.2, -0.15) is 0 Å². The van der Waals surface area contributed by atoms with Gasteiger partial charge in [-0.05, 0) is 43.0 Å². The molecule has 5 heteroatoms. The maximum Gasteiger partial charge on any atom is 0.254 e. The quantitative estimate of drug-likeness (QED) is 0.859. The Morgan fingerprint density at radius 1 is 1.15 bits per heavy atom. The number of carbonyl (C=O) groups is 1. The molecule has 138 valence electrons. The van der Waals surface area contributed by atoms with Crippen molar-refractivity contribution in [3.63, 3.8) is 0 Å². The Bertz CT molecular complexity index is 725. The van der Waals surface area contributed by atoms with E-state index in [1.54, 1.807) is 19.4 Å². The Hall–Kier alpha value is -2.56. The molecule has 1 aliphatic rings. The summed E-state index contributed by atoms with van der Waals surface area (Å²) in [5.74, 6) is 1.75. The van der Waals surface area contributed by atoms with Crippen LogP contribution in [0.25, 0.3) is 0 Å². The van der Waals surface area contributed by atoms with Gasteiger partial charge in [0.25, 0.3) is 5.91 Å². The van der Waals surface area contributed by atoms with Gasteiger partial charge in [-0.25, -0.2) is 4.98 Å². The molecule has 0 spiro atoms. The Kier molecular flexibility index (Phi) is 6.47. The SMILES string of the molecule is COc1ccccc1CCNc1cc(C(=O)N2CCCCCC2)ccn1. The number of rotatable bonds is 6. The van der Waals surface area contributed by atoms with Crippen molar-refractivity contribution in [1.29, 1.82) is 0 Å². The fourth-order valence-electron chi connectivity index (χ4n) is 3.35. The first-order valence-corrected chi connectivity index (χ1v) is 9.39. The first-order valence-electron chi connectivity index (χ1n) is 9.39. The zero-order valence-electron chi connectivity index (χ0n) is 15.4. The number of nitrogens with zero attached hydrogens (tertiary/aromatic N) is 2. The molecule has 1 saturated heterocycles. The van der Waals surface area contributed by atoms with Gasteiger partial charge in [0.05, 0.1) is 7.11 Å². The van der Waals surface area contributed by atoms with Crippen molar-refractivity contribution >= 4 is 11.7 Å². The van der Waals surface area contributed by atoms with E-state index in [4.69, 9.17) is 4.74 Å². The molecule has 1 aliphatic heterocycles. The van der Waals surface area contributed by atoms with E-state index in [1.807, 2.05) is 29.2 Å². The molecular formula is C21H27N3O2. The minimum atomic E-state index is 0.113. The van der Waals surface area contributed by atoms with Crippen LogP contribution in [0.4, 0.5) is 5.82 Å². The highest BCUT2D eigenvalue weighted by Gasteiger charge is 2.17. The molecule has 5 nitrogen and oxygen atoms in total. The van der Waals surface area contributed by atoms with Crippen molar-refractivity contribution in [3.8, 4) is 5.75 Å². The lowest BCUT2D eigenvalue weighted by molar-refractivity contribution is 0.0761. The largest absolute Gasteiger partial charge is 0.496 e. The van der Waals surface area contributed by atoms with Gasteiger partial charge in [0.15, 0.2) is 0 Å². The van der Waals surface area contributed by atoms with E-state index in [-0.39, 0.29) is 5.91 Å². The summed E-state index contributed by atoms with van der Waals surface area (Å²) >= 11 is 0. The van der Waals surface area contributed by atoms with Crippen molar-refractivity contribution < 1.29 is 9.53 Å². The highest BCUT2D eigenvalue weighted by Crippen LogP contribution is 2.18. The summed E-state index contributed by atoms with van der Waals surface area (Å²) in [6, 6.07) is 11.7. The molecule has 0 atom stereocenters. The summed E-state index contributed by atoms with van der Waals surface area (Å²) < 4.78 is 5.38. The standard InChI is InChI=1S/C21H27N3O2/c1-26-19-9-5-4-8-17(19)10-12-22-20-16-18(11-13-23-20)21(25)24-14-6-2-3-7-15-24/h4-5,8-9,11,13,16H,2-3,6-7,10,12,14-15H2,1H3,(H,22,23). The van der Waals surface area contributed by atoms with Gasteiger partial charge in [0, 0.05) is 31.4 Å². The molecule has 1 N–H and O–H groups in total. The average Bonchev–Trinajstić information content (AvgIpc) is 2.97. The van der Waals surface area contributed by atoms with E-state index in [1.165, 1.54) is 12.8 Å². The van der Waals surface area contributed by atoms with E-state index >= 15 is 0 Å². The molecule has 1 aromatic heterocycles. The van der Waals surface area contributed by atoms with Gasteiger partial charge in [-0.15, -0.1) is 0 Å². The lowest BCUT2D eigenvalue weighted by Crippen LogP contribution is -2.31. The maximum absolute atomic E-state index is 12.7. The number of carbonyl (C=O) groups excluding carboxylic acids is 1. The number of hydrogen-bond donors (Lipinski definition) is 1. The van der Waals surface area contributed by atoms with Gasteiger partial charge in [-0.3, -0.25) is 4.79 Å². The highest BCUT2D eigenvalue weighted by molar-refractivity contribution is 5.94. The lowest BCUT2D eigenvalue weighted by Gasteiger charge is -2.20. The van der Waals surface area contributed by atoms with Crippen molar-refractivity contribution in [2.75, 3.05) is 32.1 Å². The van der Waals surface area contributed by atoms with Gasteiger partial charge < -0.3 is 15.0 Å². The number of pyridine rings is 1. The summed E-state index contributed by atoms with van der Waals surface area (Å²) in [5.41, 5.74) is 1.86.